The third-order valence-corrected chi connectivity index (χ3v) is 8.52. The summed E-state index contributed by atoms with van der Waals surface area (Å²) < 4.78 is 73.8. The number of hydrogen-bond acceptors (Lipinski definition) is 8. The molecule has 0 aliphatic carbocycles. The fourth-order valence-electron chi connectivity index (χ4n) is 4.03. The molecule has 3 heterocycles. The number of alkyl halides is 3. The van der Waals surface area contributed by atoms with Crippen LogP contribution in [0, 0.1) is 0 Å². The molecule has 0 spiro atoms. The number of carbonyl (C=O) groups is 1. The summed E-state index contributed by atoms with van der Waals surface area (Å²) >= 11 is 12.6. The molecule has 2 aliphatic heterocycles. The van der Waals surface area contributed by atoms with Crippen molar-refractivity contribution in [1.29, 1.82) is 0 Å². The van der Waals surface area contributed by atoms with Gasteiger partial charge in [-0.05, 0) is 30.3 Å². The molecule has 8 nitrogen and oxygen atoms in total. The first-order chi connectivity index (χ1) is 16.4. The van der Waals surface area contributed by atoms with E-state index in [1.807, 2.05) is 0 Å². The van der Waals surface area contributed by atoms with Gasteiger partial charge >= 0.3 is 6.18 Å². The molecule has 184 valence electrons. The van der Waals surface area contributed by atoms with E-state index in [1.54, 1.807) is 0 Å². The van der Waals surface area contributed by atoms with E-state index in [0.29, 0.717) is 0 Å². The fraction of sp³-hybridized carbons (Fsp3) is 0.300. The number of nitrogens with one attached hydrogen (secondary N) is 1. The summed E-state index contributed by atoms with van der Waals surface area (Å²) in [5, 5.41) is 6.36. The van der Waals surface area contributed by atoms with E-state index in [9.17, 15) is 26.4 Å². The van der Waals surface area contributed by atoms with E-state index in [2.05, 4.69) is 19.2 Å². The summed E-state index contributed by atoms with van der Waals surface area (Å²) in [4.78, 5) is 17.7. The minimum atomic E-state index is -4.87. The molecule has 15 heteroatoms. The van der Waals surface area contributed by atoms with E-state index in [-0.39, 0.29) is 55.0 Å². The van der Waals surface area contributed by atoms with Gasteiger partial charge in [-0.25, -0.2) is 8.42 Å². The van der Waals surface area contributed by atoms with E-state index in [4.69, 9.17) is 28.0 Å². The highest BCUT2D eigenvalue weighted by Crippen LogP contribution is 2.50. The lowest BCUT2D eigenvalue weighted by molar-refractivity contribution is -0.275. The van der Waals surface area contributed by atoms with Crippen LogP contribution in [0.5, 0.6) is 0 Å². The molecule has 0 radical (unpaired) electrons. The summed E-state index contributed by atoms with van der Waals surface area (Å²) in [6.45, 7) is 0. The molecule has 0 bridgehead atoms. The molecule has 0 saturated carbocycles. The lowest BCUT2D eigenvalue weighted by atomic mass is 9.86. The minimum absolute atomic E-state index is 0.00824. The highest BCUT2D eigenvalue weighted by molar-refractivity contribution is 7.92. The van der Waals surface area contributed by atoms with Gasteiger partial charge in [0.05, 0.1) is 47.0 Å². The topological polar surface area (TPSA) is 111 Å². The number of rotatable bonds is 4. The molecule has 35 heavy (non-hydrogen) atoms. The monoisotopic (exact) mass is 564 g/mol. The van der Waals surface area contributed by atoms with Crippen molar-refractivity contribution in [3.63, 3.8) is 0 Å². The second kappa shape index (κ2) is 8.29. The molecule has 1 saturated heterocycles. The first-order valence-corrected chi connectivity index (χ1v) is 13.2. The standard InChI is InChI=1S/C20H13Cl2F3N4O4S2/c21-10-3-9(4-11(22)5-10)19(20(23,24)25)6-15(27-33-19)13-1-2-14(17-16(13)28-34-29-17)18(30)26-12-7-35(31,32)8-12/h1-5,12H,6-8H2,(H,26,30). The highest BCUT2D eigenvalue weighted by atomic mass is 35.5. The van der Waals surface area contributed by atoms with Crippen LogP contribution >= 0.6 is 34.9 Å². The van der Waals surface area contributed by atoms with Gasteiger partial charge in [-0.2, -0.15) is 21.9 Å². The lowest BCUT2D eigenvalue weighted by Crippen LogP contribution is -2.52. The van der Waals surface area contributed by atoms with Gasteiger partial charge in [0.15, 0.2) is 9.84 Å². The van der Waals surface area contributed by atoms with E-state index < -0.39 is 40.0 Å². The number of amides is 1. The van der Waals surface area contributed by atoms with Crippen LogP contribution in [-0.4, -0.2) is 52.5 Å². The molecule has 5 rings (SSSR count). The Bertz CT molecular complexity index is 1480. The van der Waals surface area contributed by atoms with E-state index in [1.165, 1.54) is 18.2 Å². The van der Waals surface area contributed by atoms with Crippen molar-refractivity contribution in [3.05, 3.63) is 57.1 Å². The van der Waals surface area contributed by atoms with Gasteiger partial charge < -0.3 is 10.2 Å². The third kappa shape index (κ3) is 4.24. The highest BCUT2D eigenvalue weighted by Gasteiger charge is 2.62. The van der Waals surface area contributed by atoms with Gasteiger partial charge in [0.25, 0.3) is 11.5 Å². The Balaban J connectivity index is 1.48. The first kappa shape index (κ1) is 24.2. The fourth-order valence-corrected chi connectivity index (χ4v) is 6.42. The molecule has 2 aliphatic rings. The SMILES string of the molecule is O=C(NC1CS(=O)(=O)C1)c1ccc(C2=NOC(c3cc(Cl)cc(Cl)c3)(C(F)(F)F)C2)c2nsnc12. The maximum absolute atomic E-state index is 14.3. The Hall–Kier alpha value is -2.48. The first-order valence-electron chi connectivity index (χ1n) is 9.94. The number of halogens is 5. The number of sulfone groups is 1. The molecule has 1 atom stereocenters. The zero-order valence-corrected chi connectivity index (χ0v) is 20.4. The van der Waals surface area contributed by atoms with Crippen LogP contribution in [-0.2, 0) is 20.3 Å². The summed E-state index contributed by atoms with van der Waals surface area (Å²) in [5.41, 5.74) is -2.51. The molecule has 1 N–H and O–H groups in total. The van der Waals surface area contributed by atoms with Crippen molar-refractivity contribution in [1.82, 2.24) is 14.1 Å². The summed E-state index contributed by atoms with van der Waals surface area (Å²) in [6.07, 6.45) is -5.56. The minimum Gasteiger partial charge on any atom is -0.374 e. The maximum atomic E-state index is 14.3. The van der Waals surface area contributed by atoms with Crippen molar-refractivity contribution >= 4 is 67.4 Å². The van der Waals surface area contributed by atoms with Crippen LogP contribution in [0.25, 0.3) is 11.0 Å². The zero-order chi connectivity index (χ0) is 25.2. The molecule has 1 fully saturated rings. The van der Waals surface area contributed by atoms with Gasteiger partial charge in [-0.15, -0.1) is 0 Å². The number of carbonyl (C=O) groups excluding carboxylic acids is 1. The van der Waals surface area contributed by atoms with E-state index >= 15 is 0 Å². The summed E-state index contributed by atoms with van der Waals surface area (Å²) in [5.74, 6) is -0.871. The van der Waals surface area contributed by atoms with Gasteiger partial charge in [0, 0.05) is 21.2 Å². The van der Waals surface area contributed by atoms with Gasteiger partial charge in [-0.3, -0.25) is 4.79 Å². The van der Waals surface area contributed by atoms with Crippen molar-refractivity contribution in [2.75, 3.05) is 11.5 Å². The second-order valence-corrected chi connectivity index (χ2v) is 11.7. The van der Waals surface area contributed by atoms with Crippen LogP contribution in [0.1, 0.15) is 27.9 Å². The van der Waals surface area contributed by atoms with Crippen molar-refractivity contribution in [2.45, 2.75) is 24.2 Å². The predicted octanol–water partition coefficient (Wildman–Crippen LogP) is 4.11. The molecule has 3 aromatic rings. The Morgan fingerprint density at radius 1 is 1.11 bits per heavy atom. The van der Waals surface area contributed by atoms with Crippen molar-refractivity contribution < 1.29 is 31.2 Å². The normalized spacial score (nSPS) is 21.9. The van der Waals surface area contributed by atoms with Gasteiger partial charge in [0.2, 0.25) is 0 Å². The van der Waals surface area contributed by atoms with Crippen LogP contribution in [0.4, 0.5) is 13.2 Å². The van der Waals surface area contributed by atoms with Crippen LogP contribution in [0.15, 0.2) is 35.5 Å². The zero-order valence-electron chi connectivity index (χ0n) is 17.3. The van der Waals surface area contributed by atoms with Crippen molar-refractivity contribution in [3.8, 4) is 0 Å². The van der Waals surface area contributed by atoms with E-state index in [0.717, 1.165) is 23.9 Å². The molecular weight excluding hydrogens is 552 g/mol. The molecule has 2 aromatic carbocycles. The van der Waals surface area contributed by atoms with Crippen LogP contribution < -0.4 is 5.32 Å². The van der Waals surface area contributed by atoms with Crippen LogP contribution in [0.2, 0.25) is 10.0 Å². The Morgan fingerprint density at radius 2 is 1.77 bits per heavy atom. The van der Waals surface area contributed by atoms with Crippen LogP contribution in [0.3, 0.4) is 0 Å². The number of nitrogens with zero attached hydrogens (tertiary/aromatic N) is 3. The molecule has 1 aromatic heterocycles. The molecular formula is C20H13Cl2F3N4O4S2. The quantitative estimate of drug-likeness (QED) is 0.510. The number of fused-ring (bicyclic) bond motifs is 1. The summed E-state index contributed by atoms with van der Waals surface area (Å²) in [6, 6.07) is 5.82. The molecule has 1 amide bonds. The number of hydrogen-bond donors (Lipinski definition) is 1. The smallest absolute Gasteiger partial charge is 0.374 e. The Labute approximate surface area is 210 Å². The average Bonchev–Trinajstić information content (AvgIpc) is 3.39. The third-order valence-electron chi connectivity index (χ3n) is 5.73. The second-order valence-electron chi connectivity index (χ2n) is 8.16. The van der Waals surface area contributed by atoms with Gasteiger partial charge in [-0.1, -0.05) is 28.4 Å². The lowest BCUT2D eigenvalue weighted by Gasteiger charge is -2.29. The average molecular weight is 565 g/mol. The maximum Gasteiger partial charge on any atom is 0.435 e. The number of oxime groups is 1. The largest absolute Gasteiger partial charge is 0.435 e. The van der Waals surface area contributed by atoms with Crippen molar-refractivity contribution in [2.24, 2.45) is 5.16 Å². The Kier molecular flexibility index (Phi) is 5.74. The van der Waals surface area contributed by atoms with Gasteiger partial charge in [0.1, 0.15) is 11.0 Å². The number of aromatic nitrogens is 2. The number of benzene rings is 2. The predicted molar refractivity (Wildman–Crippen MR) is 124 cm³/mol. The summed E-state index contributed by atoms with van der Waals surface area (Å²) in [7, 11) is -3.14. The Morgan fingerprint density at radius 3 is 2.40 bits per heavy atom. The molecule has 1 unspecified atom stereocenters.